The third-order valence-corrected chi connectivity index (χ3v) is 3.47. The van der Waals surface area contributed by atoms with Gasteiger partial charge in [0.2, 0.25) is 0 Å². The average molecular weight is 358 g/mol. The van der Waals surface area contributed by atoms with E-state index in [1.165, 1.54) is 25.1 Å². The second-order valence-electron chi connectivity index (χ2n) is 5.65. The Bertz CT molecular complexity index is 823. The fraction of sp³-hybridized carbons (Fsp3) is 0.211. The van der Waals surface area contributed by atoms with E-state index in [-0.39, 0.29) is 5.56 Å². The molecular formula is C19H19FN2O4. The van der Waals surface area contributed by atoms with Crippen molar-refractivity contribution in [3.63, 3.8) is 0 Å². The maximum atomic E-state index is 13.5. The zero-order chi connectivity index (χ0) is 19.1. The smallest absolute Gasteiger partial charge is 0.326 e. The lowest BCUT2D eigenvalue weighted by atomic mass is 10.2. The first-order valence-corrected chi connectivity index (χ1v) is 7.96. The lowest BCUT2D eigenvalue weighted by Crippen LogP contribution is -2.36. The van der Waals surface area contributed by atoms with Gasteiger partial charge in [-0.25, -0.2) is 4.39 Å². The standard InChI is InChI=1S/C19H19FN2O4/c1-12-6-5-7-14(10-12)22-18(24)13(2)26-17(23)11-21-19(25)15-8-3-4-9-16(15)20/h3-10,13H,11H2,1-2H3,(H,21,25)(H,22,24)/t13-/m0/s1. The molecule has 0 fully saturated rings. The lowest BCUT2D eigenvalue weighted by molar-refractivity contribution is -0.152. The van der Waals surface area contributed by atoms with Crippen LogP contribution in [0.2, 0.25) is 0 Å². The SMILES string of the molecule is Cc1cccc(NC(=O)[C@H](C)OC(=O)CNC(=O)c2ccccc2F)c1. The molecule has 0 aliphatic rings. The Morgan fingerprint density at radius 1 is 1.12 bits per heavy atom. The van der Waals surface area contributed by atoms with Gasteiger partial charge in [-0.05, 0) is 43.7 Å². The second kappa shape index (κ2) is 8.75. The molecule has 0 spiro atoms. The van der Waals surface area contributed by atoms with E-state index < -0.39 is 36.2 Å². The summed E-state index contributed by atoms with van der Waals surface area (Å²) in [5, 5.41) is 4.89. The summed E-state index contributed by atoms with van der Waals surface area (Å²) >= 11 is 0. The highest BCUT2D eigenvalue weighted by atomic mass is 19.1. The second-order valence-corrected chi connectivity index (χ2v) is 5.65. The highest BCUT2D eigenvalue weighted by molar-refractivity contribution is 5.97. The Balaban J connectivity index is 1.82. The first-order chi connectivity index (χ1) is 12.4. The molecule has 0 saturated heterocycles. The summed E-state index contributed by atoms with van der Waals surface area (Å²) in [7, 11) is 0. The van der Waals surface area contributed by atoms with Crippen LogP contribution in [0.5, 0.6) is 0 Å². The van der Waals surface area contributed by atoms with Crippen molar-refractivity contribution in [2.24, 2.45) is 0 Å². The van der Waals surface area contributed by atoms with E-state index in [1.807, 2.05) is 13.0 Å². The number of hydrogen-bond donors (Lipinski definition) is 2. The van der Waals surface area contributed by atoms with Crippen LogP contribution in [0.3, 0.4) is 0 Å². The number of esters is 1. The van der Waals surface area contributed by atoms with Crippen molar-refractivity contribution < 1.29 is 23.5 Å². The van der Waals surface area contributed by atoms with Crippen molar-refractivity contribution in [1.29, 1.82) is 0 Å². The largest absolute Gasteiger partial charge is 0.451 e. The molecule has 0 heterocycles. The maximum Gasteiger partial charge on any atom is 0.326 e. The van der Waals surface area contributed by atoms with Gasteiger partial charge in [0.25, 0.3) is 11.8 Å². The molecule has 0 aliphatic heterocycles. The summed E-state index contributed by atoms with van der Waals surface area (Å²) in [6.45, 7) is 2.83. The van der Waals surface area contributed by atoms with Gasteiger partial charge in [0.15, 0.2) is 6.10 Å². The molecule has 0 unspecified atom stereocenters. The third kappa shape index (κ3) is 5.41. The molecule has 2 aromatic carbocycles. The van der Waals surface area contributed by atoms with Crippen molar-refractivity contribution >= 4 is 23.5 Å². The molecule has 2 amide bonds. The van der Waals surface area contributed by atoms with Crippen molar-refractivity contribution in [3.8, 4) is 0 Å². The van der Waals surface area contributed by atoms with E-state index in [1.54, 1.807) is 18.2 Å². The van der Waals surface area contributed by atoms with Crippen LogP contribution >= 0.6 is 0 Å². The Morgan fingerprint density at radius 3 is 2.54 bits per heavy atom. The maximum absolute atomic E-state index is 13.5. The molecule has 136 valence electrons. The Kier molecular flexibility index (Phi) is 6.43. The summed E-state index contributed by atoms with van der Waals surface area (Å²) in [6, 6.07) is 12.6. The van der Waals surface area contributed by atoms with Crippen molar-refractivity contribution in [2.75, 3.05) is 11.9 Å². The van der Waals surface area contributed by atoms with E-state index in [4.69, 9.17) is 4.74 Å². The quantitative estimate of drug-likeness (QED) is 0.777. The van der Waals surface area contributed by atoms with Crippen LogP contribution in [0.4, 0.5) is 10.1 Å². The van der Waals surface area contributed by atoms with Crippen LogP contribution in [0.15, 0.2) is 48.5 Å². The number of anilines is 1. The van der Waals surface area contributed by atoms with Crippen LogP contribution in [0, 0.1) is 12.7 Å². The summed E-state index contributed by atoms with van der Waals surface area (Å²) in [6.07, 6.45) is -1.05. The van der Waals surface area contributed by atoms with E-state index in [9.17, 15) is 18.8 Å². The first kappa shape index (κ1) is 19.1. The van der Waals surface area contributed by atoms with Crippen LogP contribution in [0.25, 0.3) is 0 Å². The number of carbonyl (C=O) groups excluding carboxylic acids is 3. The summed E-state index contributed by atoms with van der Waals surface area (Å²) in [4.78, 5) is 35.6. The number of amides is 2. The highest BCUT2D eigenvalue weighted by Crippen LogP contribution is 2.10. The summed E-state index contributed by atoms with van der Waals surface area (Å²) < 4.78 is 18.5. The molecule has 2 rings (SSSR count). The molecule has 2 aromatic rings. The highest BCUT2D eigenvalue weighted by Gasteiger charge is 2.19. The molecule has 2 N–H and O–H groups in total. The molecule has 7 heteroatoms. The van der Waals surface area contributed by atoms with Gasteiger partial charge in [0.1, 0.15) is 12.4 Å². The summed E-state index contributed by atoms with van der Waals surface area (Å²) in [5.41, 5.74) is 1.39. The minimum absolute atomic E-state index is 0.175. The number of rotatable bonds is 6. The Labute approximate surface area is 150 Å². The van der Waals surface area contributed by atoms with Crippen molar-refractivity contribution in [3.05, 3.63) is 65.5 Å². The Morgan fingerprint density at radius 2 is 1.85 bits per heavy atom. The molecule has 0 aromatic heterocycles. The fourth-order valence-corrected chi connectivity index (χ4v) is 2.15. The number of carbonyl (C=O) groups is 3. The normalized spacial score (nSPS) is 11.3. The molecule has 26 heavy (non-hydrogen) atoms. The van der Waals surface area contributed by atoms with Crippen LogP contribution < -0.4 is 10.6 Å². The van der Waals surface area contributed by atoms with Gasteiger partial charge in [-0.2, -0.15) is 0 Å². The van der Waals surface area contributed by atoms with Crippen LogP contribution in [0.1, 0.15) is 22.8 Å². The topological polar surface area (TPSA) is 84.5 Å². The summed E-state index contributed by atoms with van der Waals surface area (Å²) in [5.74, 6) is -2.73. The molecule has 1 atom stereocenters. The third-order valence-electron chi connectivity index (χ3n) is 3.47. The molecule has 0 aliphatic carbocycles. The van der Waals surface area contributed by atoms with Gasteiger partial charge in [0, 0.05) is 5.69 Å². The molecule has 6 nitrogen and oxygen atoms in total. The van der Waals surface area contributed by atoms with E-state index >= 15 is 0 Å². The number of benzene rings is 2. The molecule has 0 radical (unpaired) electrons. The minimum atomic E-state index is -1.05. The fourth-order valence-electron chi connectivity index (χ4n) is 2.15. The Hall–Kier alpha value is -3.22. The number of ether oxygens (including phenoxy) is 1. The van der Waals surface area contributed by atoms with Crippen molar-refractivity contribution in [2.45, 2.75) is 20.0 Å². The van der Waals surface area contributed by atoms with Crippen LogP contribution in [-0.4, -0.2) is 30.4 Å². The molecule has 0 saturated carbocycles. The van der Waals surface area contributed by atoms with Gasteiger partial charge in [0.05, 0.1) is 5.56 Å². The van der Waals surface area contributed by atoms with Gasteiger partial charge in [-0.15, -0.1) is 0 Å². The predicted molar refractivity (Wildman–Crippen MR) is 94.1 cm³/mol. The molecular weight excluding hydrogens is 339 g/mol. The van der Waals surface area contributed by atoms with Gasteiger partial charge >= 0.3 is 5.97 Å². The number of aryl methyl sites for hydroxylation is 1. The number of nitrogens with one attached hydrogen (secondary N) is 2. The lowest BCUT2D eigenvalue weighted by Gasteiger charge is -2.14. The van der Waals surface area contributed by atoms with Crippen LogP contribution in [-0.2, 0) is 14.3 Å². The number of halogens is 1. The van der Waals surface area contributed by atoms with E-state index in [2.05, 4.69) is 10.6 Å². The van der Waals surface area contributed by atoms with Gasteiger partial charge < -0.3 is 15.4 Å². The average Bonchev–Trinajstić information content (AvgIpc) is 2.60. The van der Waals surface area contributed by atoms with E-state index in [0.717, 1.165) is 11.6 Å². The molecule has 0 bridgehead atoms. The predicted octanol–water partition coefficient (Wildman–Crippen LogP) is 2.43. The van der Waals surface area contributed by atoms with Gasteiger partial charge in [-0.3, -0.25) is 14.4 Å². The monoisotopic (exact) mass is 358 g/mol. The zero-order valence-corrected chi connectivity index (χ0v) is 14.4. The van der Waals surface area contributed by atoms with Crippen molar-refractivity contribution in [1.82, 2.24) is 5.32 Å². The zero-order valence-electron chi connectivity index (χ0n) is 14.4. The number of hydrogen-bond acceptors (Lipinski definition) is 4. The minimum Gasteiger partial charge on any atom is -0.451 e. The van der Waals surface area contributed by atoms with E-state index in [0.29, 0.717) is 5.69 Å². The van der Waals surface area contributed by atoms with Gasteiger partial charge in [-0.1, -0.05) is 24.3 Å². The first-order valence-electron chi connectivity index (χ1n) is 7.96.